The summed E-state index contributed by atoms with van der Waals surface area (Å²) in [5.41, 5.74) is 6.12. The Hall–Kier alpha value is -0.120. The molecule has 1 rings (SSSR count). The van der Waals surface area contributed by atoms with Crippen molar-refractivity contribution in [3.63, 3.8) is 0 Å². The van der Waals surface area contributed by atoms with Crippen molar-refractivity contribution in [2.24, 2.45) is 17.6 Å². The highest BCUT2D eigenvalue weighted by atomic mass is 16.5. The molecule has 2 N–H and O–H groups in total. The van der Waals surface area contributed by atoms with E-state index in [2.05, 4.69) is 32.7 Å². The van der Waals surface area contributed by atoms with Crippen LogP contribution in [0.15, 0.2) is 0 Å². The standard InChI is InChI=1S/C16H34N2O/c1-6-14-7-9-15(10-8-14)18(4)16(11-17,12-19-5)13(2)3/h13-15H,6-12,17H2,1-5H3. The summed E-state index contributed by atoms with van der Waals surface area (Å²) in [5.74, 6) is 1.45. The first-order valence-corrected chi connectivity index (χ1v) is 7.93. The monoisotopic (exact) mass is 270 g/mol. The van der Waals surface area contributed by atoms with Gasteiger partial charge in [-0.15, -0.1) is 0 Å². The molecular formula is C16H34N2O. The molecule has 0 aliphatic heterocycles. The SMILES string of the molecule is CCC1CCC(N(C)C(CN)(COC)C(C)C)CC1. The number of hydrogen-bond acceptors (Lipinski definition) is 3. The molecule has 0 aromatic carbocycles. The van der Waals surface area contributed by atoms with Gasteiger partial charge in [-0.1, -0.05) is 27.2 Å². The topological polar surface area (TPSA) is 38.5 Å². The number of rotatable bonds is 7. The Morgan fingerprint density at radius 1 is 1.26 bits per heavy atom. The Labute approximate surface area is 119 Å². The van der Waals surface area contributed by atoms with Crippen molar-refractivity contribution < 1.29 is 4.74 Å². The molecule has 1 fully saturated rings. The summed E-state index contributed by atoms with van der Waals surface area (Å²) in [7, 11) is 4.04. The Balaban J connectivity index is 2.74. The second-order valence-corrected chi connectivity index (χ2v) is 6.59. The lowest BCUT2D eigenvalue weighted by molar-refractivity contribution is -0.0354. The minimum atomic E-state index is -0.0154. The van der Waals surface area contributed by atoms with Crippen LogP contribution < -0.4 is 5.73 Å². The molecule has 3 nitrogen and oxygen atoms in total. The number of likely N-dealkylation sites (N-methyl/N-ethyl adjacent to an activating group) is 1. The lowest BCUT2D eigenvalue weighted by Crippen LogP contribution is -2.62. The number of hydrogen-bond donors (Lipinski definition) is 1. The van der Waals surface area contributed by atoms with Crippen LogP contribution >= 0.6 is 0 Å². The maximum Gasteiger partial charge on any atom is 0.0661 e. The quantitative estimate of drug-likeness (QED) is 0.773. The van der Waals surface area contributed by atoms with Gasteiger partial charge < -0.3 is 10.5 Å². The third-order valence-corrected chi connectivity index (χ3v) is 5.47. The summed E-state index contributed by atoms with van der Waals surface area (Å²) in [6.45, 7) is 8.24. The van der Waals surface area contributed by atoms with E-state index in [9.17, 15) is 0 Å². The Kier molecular flexibility index (Phi) is 6.78. The summed E-state index contributed by atoms with van der Waals surface area (Å²) in [5, 5.41) is 0. The van der Waals surface area contributed by atoms with Crippen molar-refractivity contribution in [1.82, 2.24) is 4.90 Å². The van der Waals surface area contributed by atoms with Gasteiger partial charge in [-0.05, 0) is 44.6 Å². The van der Waals surface area contributed by atoms with Crippen LogP contribution in [0.1, 0.15) is 52.9 Å². The first kappa shape index (κ1) is 16.9. The second kappa shape index (κ2) is 7.61. The molecule has 0 aromatic rings. The zero-order valence-corrected chi connectivity index (χ0v) is 13.6. The normalized spacial score (nSPS) is 27.8. The van der Waals surface area contributed by atoms with Crippen LogP contribution in [-0.4, -0.2) is 43.8 Å². The number of nitrogens with zero attached hydrogens (tertiary/aromatic N) is 1. The predicted octanol–water partition coefficient (Wildman–Crippen LogP) is 2.89. The number of nitrogens with two attached hydrogens (primary N) is 1. The molecule has 0 amide bonds. The molecule has 1 atom stereocenters. The van der Waals surface area contributed by atoms with Crippen molar-refractivity contribution in [3.8, 4) is 0 Å². The highest BCUT2D eigenvalue weighted by Crippen LogP contribution is 2.34. The Morgan fingerprint density at radius 3 is 2.21 bits per heavy atom. The fourth-order valence-electron chi connectivity index (χ4n) is 3.67. The molecule has 1 saturated carbocycles. The van der Waals surface area contributed by atoms with Gasteiger partial charge >= 0.3 is 0 Å². The van der Waals surface area contributed by atoms with Gasteiger partial charge in [0.15, 0.2) is 0 Å². The number of methoxy groups -OCH3 is 1. The maximum absolute atomic E-state index is 6.13. The van der Waals surface area contributed by atoms with Crippen LogP contribution in [-0.2, 0) is 4.74 Å². The zero-order chi connectivity index (χ0) is 14.5. The van der Waals surface area contributed by atoms with E-state index < -0.39 is 0 Å². The van der Waals surface area contributed by atoms with E-state index in [-0.39, 0.29) is 5.54 Å². The third-order valence-electron chi connectivity index (χ3n) is 5.47. The number of ether oxygens (including phenoxy) is 1. The summed E-state index contributed by atoms with van der Waals surface area (Å²) in [4.78, 5) is 2.53. The van der Waals surface area contributed by atoms with Crippen LogP contribution in [0.25, 0.3) is 0 Å². The molecule has 1 aliphatic carbocycles. The van der Waals surface area contributed by atoms with Gasteiger partial charge in [0, 0.05) is 19.7 Å². The van der Waals surface area contributed by atoms with Crippen LogP contribution in [0.5, 0.6) is 0 Å². The van der Waals surface area contributed by atoms with Crippen LogP contribution in [0, 0.1) is 11.8 Å². The summed E-state index contributed by atoms with van der Waals surface area (Å²) < 4.78 is 5.49. The van der Waals surface area contributed by atoms with E-state index >= 15 is 0 Å². The molecule has 0 radical (unpaired) electrons. The third kappa shape index (κ3) is 3.71. The lowest BCUT2D eigenvalue weighted by atomic mass is 9.79. The van der Waals surface area contributed by atoms with Crippen molar-refractivity contribution >= 4 is 0 Å². The summed E-state index contributed by atoms with van der Waals surface area (Å²) in [6, 6.07) is 0.670. The summed E-state index contributed by atoms with van der Waals surface area (Å²) >= 11 is 0. The van der Waals surface area contributed by atoms with Crippen molar-refractivity contribution in [2.45, 2.75) is 64.5 Å². The van der Waals surface area contributed by atoms with Crippen LogP contribution in [0.3, 0.4) is 0 Å². The van der Waals surface area contributed by atoms with Crippen molar-refractivity contribution in [1.29, 1.82) is 0 Å². The van der Waals surface area contributed by atoms with Gasteiger partial charge in [0.25, 0.3) is 0 Å². The largest absolute Gasteiger partial charge is 0.383 e. The molecular weight excluding hydrogens is 236 g/mol. The average molecular weight is 270 g/mol. The van der Waals surface area contributed by atoms with Gasteiger partial charge in [0.1, 0.15) is 0 Å². The van der Waals surface area contributed by atoms with Crippen LogP contribution in [0.4, 0.5) is 0 Å². The summed E-state index contributed by atoms with van der Waals surface area (Å²) in [6.07, 6.45) is 6.70. The molecule has 1 aliphatic rings. The maximum atomic E-state index is 6.13. The van der Waals surface area contributed by atoms with Gasteiger partial charge in [-0.25, -0.2) is 0 Å². The van der Waals surface area contributed by atoms with E-state index in [1.807, 2.05) is 0 Å². The van der Waals surface area contributed by atoms with E-state index in [0.29, 0.717) is 18.5 Å². The van der Waals surface area contributed by atoms with Crippen LogP contribution in [0.2, 0.25) is 0 Å². The molecule has 3 heteroatoms. The van der Waals surface area contributed by atoms with E-state index in [0.717, 1.165) is 12.5 Å². The molecule has 19 heavy (non-hydrogen) atoms. The average Bonchev–Trinajstić information content (AvgIpc) is 2.44. The van der Waals surface area contributed by atoms with Crippen molar-refractivity contribution in [2.75, 3.05) is 27.3 Å². The molecule has 114 valence electrons. The molecule has 0 heterocycles. The first-order valence-electron chi connectivity index (χ1n) is 7.93. The minimum absolute atomic E-state index is 0.0154. The minimum Gasteiger partial charge on any atom is -0.383 e. The fourth-order valence-corrected chi connectivity index (χ4v) is 3.67. The highest BCUT2D eigenvalue weighted by Gasteiger charge is 2.40. The lowest BCUT2D eigenvalue weighted by Gasteiger charge is -2.49. The molecule has 0 aromatic heterocycles. The molecule has 0 bridgehead atoms. The van der Waals surface area contributed by atoms with Gasteiger partial charge in [-0.3, -0.25) is 4.90 Å². The molecule has 1 unspecified atom stereocenters. The molecule has 0 saturated heterocycles. The predicted molar refractivity (Wildman–Crippen MR) is 82.3 cm³/mol. The van der Waals surface area contributed by atoms with Crippen molar-refractivity contribution in [3.05, 3.63) is 0 Å². The fraction of sp³-hybridized carbons (Fsp3) is 1.00. The van der Waals surface area contributed by atoms with Gasteiger partial charge in [-0.2, -0.15) is 0 Å². The second-order valence-electron chi connectivity index (χ2n) is 6.59. The highest BCUT2D eigenvalue weighted by molar-refractivity contribution is 4.97. The van der Waals surface area contributed by atoms with E-state index in [4.69, 9.17) is 10.5 Å². The first-order chi connectivity index (χ1) is 9.01. The van der Waals surface area contributed by atoms with Gasteiger partial charge in [0.05, 0.1) is 12.1 Å². The Morgan fingerprint density at radius 2 is 1.84 bits per heavy atom. The van der Waals surface area contributed by atoms with Gasteiger partial charge in [0.2, 0.25) is 0 Å². The Bertz CT molecular complexity index is 249. The van der Waals surface area contributed by atoms with E-state index in [1.54, 1.807) is 7.11 Å². The van der Waals surface area contributed by atoms with E-state index in [1.165, 1.54) is 32.1 Å². The molecule has 0 spiro atoms. The smallest absolute Gasteiger partial charge is 0.0661 e. The zero-order valence-electron chi connectivity index (χ0n) is 13.6.